The predicted molar refractivity (Wildman–Crippen MR) is 139 cm³/mol. The summed E-state index contributed by atoms with van der Waals surface area (Å²) in [5.41, 5.74) is 1.26. The van der Waals surface area contributed by atoms with Crippen molar-refractivity contribution in [1.29, 1.82) is 0 Å². The van der Waals surface area contributed by atoms with E-state index in [0.717, 1.165) is 6.07 Å². The zero-order chi connectivity index (χ0) is 25.7. The molecule has 0 saturated heterocycles. The molecule has 2 atom stereocenters. The second-order valence-corrected chi connectivity index (χ2v) is 11.6. The van der Waals surface area contributed by atoms with Gasteiger partial charge in [0.1, 0.15) is 4.33 Å². The monoisotopic (exact) mass is 639 g/mol. The normalized spacial score (nSPS) is 18.3. The molecule has 1 N–H and O–H groups in total. The van der Waals surface area contributed by atoms with Crippen LogP contribution in [-0.2, 0) is 11.2 Å². The van der Waals surface area contributed by atoms with Crippen molar-refractivity contribution in [2.75, 3.05) is 5.32 Å². The van der Waals surface area contributed by atoms with Gasteiger partial charge in [-0.3, -0.25) is 9.59 Å². The van der Waals surface area contributed by atoms with Crippen LogP contribution in [0.25, 0.3) is 0 Å². The molecule has 0 heterocycles. The Balaban J connectivity index is 1.52. The Kier molecular flexibility index (Phi) is 7.73. The largest absolute Gasteiger partial charge is 0.326 e. The number of halogens is 8. The van der Waals surface area contributed by atoms with Crippen molar-refractivity contribution in [3.05, 3.63) is 96.4 Å². The summed E-state index contributed by atoms with van der Waals surface area (Å²) in [6.07, 6.45) is -0.236. The van der Waals surface area contributed by atoms with Gasteiger partial charge in [0, 0.05) is 33.6 Å². The van der Waals surface area contributed by atoms with Gasteiger partial charge in [-0.1, -0.05) is 34.8 Å². The number of ketones is 1. The fourth-order valence-electron chi connectivity index (χ4n) is 3.85. The van der Waals surface area contributed by atoms with Gasteiger partial charge in [-0.05, 0) is 75.6 Å². The number of carbonyl (C=O) groups excluding carboxylic acids is 2. The molecule has 1 saturated carbocycles. The molecule has 1 amide bonds. The van der Waals surface area contributed by atoms with E-state index in [1.807, 2.05) is 0 Å². The van der Waals surface area contributed by atoms with E-state index in [0.29, 0.717) is 15.6 Å². The molecule has 1 aliphatic carbocycles. The lowest BCUT2D eigenvalue weighted by Gasteiger charge is -2.10. The van der Waals surface area contributed by atoms with Crippen molar-refractivity contribution >= 4 is 91.3 Å². The Bertz CT molecular complexity index is 1320. The average molecular weight is 643 g/mol. The third kappa shape index (κ3) is 5.63. The Labute approximate surface area is 232 Å². The Morgan fingerprint density at radius 3 is 2.26 bits per heavy atom. The minimum absolute atomic E-state index is 0.0991. The minimum Gasteiger partial charge on any atom is -0.326 e. The number of hydrogen-bond donors (Lipinski definition) is 1. The third-order valence-electron chi connectivity index (χ3n) is 5.52. The number of alkyl halides is 2. The molecule has 1 aliphatic rings. The van der Waals surface area contributed by atoms with Gasteiger partial charge in [-0.2, -0.15) is 0 Å². The van der Waals surface area contributed by atoms with Gasteiger partial charge in [0.15, 0.2) is 17.4 Å². The van der Waals surface area contributed by atoms with E-state index >= 15 is 0 Å². The first-order valence-electron chi connectivity index (χ1n) is 9.99. The Hall–Kier alpha value is -1.41. The highest BCUT2D eigenvalue weighted by Gasteiger charge is 2.67. The van der Waals surface area contributed by atoms with Crippen molar-refractivity contribution < 1.29 is 18.4 Å². The van der Waals surface area contributed by atoms with Crippen LogP contribution in [0.15, 0.2) is 53.0 Å². The first-order chi connectivity index (χ1) is 16.4. The van der Waals surface area contributed by atoms with Gasteiger partial charge in [-0.25, -0.2) is 8.78 Å². The van der Waals surface area contributed by atoms with Crippen LogP contribution in [0, 0.1) is 17.6 Å². The number of amides is 1. The van der Waals surface area contributed by atoms with Crippen LogP contribution in [-0.4, -0.2) is 16.0 Å². The number of rotatable bonds is 6. The number of hydrogen-bond acceptors (Lipinski definition) is 2. The number of benzene rings is 3. The predicted octanol–water partition coefficient (Wildman–Crippen LogP) is 8.64. The van der Waals surface area contributed by atoms with Crippen molar-refractivity contribution in [1.82, 2.24) is 0 Å². The Morgan fingerprint density at radius 1 is 0.971 bits per heavy atom. The average Bonchev–Trinajstić information content (AvgIpc) is 3.34. The molecule has 0 radical (unpaired) electrons. The van der Waals surface area contributed by atoms with Crippen LogP contribution >= 0.6 is 73.9 Å². The van der Waals surface area contributed by atoms with Crippen molar-refractivity contribution in [2.45, 2.75) is 16.7 Å². The van der Waals surface area contributed by atoms with Gasteiger partial charge in [0.2, 0.25) is 5.91 Å². The summed E-state index contributed by atoms with van der Waals surface area (Å²) < 4.78 is 25.7. The van der Waals surface area contributed by atoms with Gasteiger partial charge in [0.05, 0.1) is 15.4 Å². The SMILES string of the molecule is O=C(Cc1cc(F)c(F)c(Br)c1)c1cc(NC(=O)[C@H]2[C@H](c3cc(Cl)cc(Cl)c3)C2(Cl)Cl)ccc1Cl. The fourth-order valence-corrected chi connectivity index (χ4v) is 5.93. The lowest BCUT2D eigenvalue weighted by atomic mass is 10.0. The zero-order valence-electron chi connectivity index (χ0n) is 17.3. The molecule has 3 aromatic carbocycles. The van der Waals surface area contributed by atoms with Gasteiger partial charge >= 0.3 is 0 Å². The molecular weight excluding hydrogens is 629 g/mol. The highest BCUT2D eigenvalue weighted by Crippen LogP contribution is 2.65. The number of nitrogens with one attached hydrogen (secondary N) is 1. The van der Waals surface area contributed by atoms with Crippen LogP contribution < -0.4 is 5.32 Å². The fraction of sp³-hybridized carbons (Fsp3) is 0.167. The summed E-state index contributed by atoms with van der Waals surface area (Å²) in [7, 11) is 0. The molecular formula is C24H13BrCl5F2NO2. The maximum atomic E-state index is 13.7. The van der Waals surface area contributed by atoms with Crippen molar-refractivity contribution in [3.8, 4) is 0 Å². The van der Waals surface area contributed by atoms with Crippen molar-refractivity contribution in [2.24, 2.45) is 5.92 Å². The number of Topliss-reactive ketones (excluding diaryl/α,β-unsaturated/α-hetero) is 1. The third-order valence-corrected chi connectivity index (χ3v) is 7.81. The van der Waals surface area contributed by atoms with Gasteiger partial charge < -0.3 is 5.32 Å². The quantitative estimate of drug-likeness (QED) is 0.166. The van der Waals surface area contributed by atoms with E-state index in [-0.39, 0.29) is 32.7 Å². The lowest BCUT2D eigenvalue weighted by molar-refractivity contribution is -0.117. The van der Waals surface area contributed by atoms with Gasteiger partial charge in [0.25, 0.3) is 0 Å². The molecule has 0 aromatic heterocycles. The van der Waals surface area contributed by atoms with E-state index in [2.05, 4.69) is 21.2 Å². The molecule has 11 heteroatoms. The summed E-state index contributed by atoms with van der Waals surface area (Å²) in [6, 6.07) is 11.4. The van der Waals surface area contributed by atoms with E-state index in [9.17, 15) is 18.4 Å². The highest BCUT2D eigenvalue weighted by atomic mass is 79.9. The molecule has 1 fully saturated rings. The number of anilines is 1. The van der Waals surface area contributed by atoms with Crippen LogP contribution in [0.2, 0.25) is 15.1 Å². The molecule has 35 heavy (non-hydrogen) atoms. The summed E-state index contributed by atoms with van der Waals surface area (Å²) in [5, 5.41) is 3.61. The molecule has 3 nitrogen and oxygen atoms in total. The molecule has 0 unspecified atom stereocenters. The first-order valence-corrected chi connectivity index (χ1v) is 12.7. The van der Waals surface area contributed by atoms with Crippen LogP contribution in [0.1, 0.15) is 27.4 Å². The molecule has 182 valence electrons. The number of carbonyl (C=O) groups is 2. The van der Waals surface area contributed by atoms with E-state index in [4.69, 9.17) is 58.0 Å². The topological polar surface area (TPSA) is 46.2 Å². The lowest BCUT2D eigenvalue weighted by Crippen LogP contribution is -2.17. The Morgan fingerprint density at radius 2 is 1.63 bits per heavy atom. The second-order valence-electron chi connectivity index (χ2n) is 7.99. The van der Waals surface area contributed by atoms with Crippen LogP contribution in [0.5, 0.6) is 0 Å². The standard InChI is InChI=1S/C24H13BrCl5F2NO2/c25-16-3-10(4-18(31)22(16)32)5-19(34)15-9-14(1-2-17(15)28)33-23(35)21-20(24(21,29)30)11-6-12(26)8-13(27)7-11/h1-4,6-9,20-21H,5H2,(H,33,35)/t20-,21+/m0/s1. The molecule has 0 bridgehead atoms. The summed E-state index contributed by atoms with van der Waals surface area (Å²) in [6.45, 7) is 0. The molecule has 4 rings (SSSR count). The van der Waals surface area contributed by atoms with Crippen LogP contribution in [0.4, 0.5) is 14.5 Å². The summed E-state index contributed by atoms with van der Waals surface area (Å²) >= 11 is 34.0. The van der Waals surface area contributed by atoms with Crippen molar-refractivity contribution in [3.63, 3.8) is 0 Å². The van der Waals surface area contributed by atoms with E-state index < -0.39 is 39.5 Å². The first kappa shape index (κ1) is 26.6. The zero-order valence-corrected chi connectivity index (χ0v) is 22.7. The minimum atomic E-state index is -1.37. The highest BCUT2D eigenvalue weighted by molar-refractivity contribution is 9.10. The smallest absolute Gasteiger partial charge is 0.231 e. The maximum absolute atomic E-state index is 13.7. The summed E-state index contributed by atoms with van der Waals surface area (Å²) in [4.78, 5) is 25.8. The maximum Gasteiger partial charge on any atom is 0.231 e. The van der Waals surface area contributed by atoms with Crippen LogP contribution in [0.3, 0.4) is 0 Å². The van der Waals surface area contributed by atoms with E-state index in [1.54, 1.807) is 18.2 Å². The molecule has 3 aromatic rings. The molecule has 0 spiro atoms. The molecule has 0 aliphatic heterocycles. The second kappa shape index (κ2) is 10.2. The summed E-state index contributed by atoms with van der Waals surface area (Å²) in [5.74, 6) is -4.39. The van der Waals surface area contributed by atoms with Gasteiger partial charge in [-0.15, -0.1) is 23.2 Å². The van der Waals surface area contributed by atoms with E-state index in [1.165, 1.54) is 24.3 Å².